The lowest BCUT2D eigenvalue weighted by molar-refractivity contribution is 0.116. The van der Waals surface area contributed by atoms with Gasteiger partial charge in [-0.1, -0.05) is 24.6 Å². The number of fused-ring (bicyclic) bond motifs is 1. The minimum Gasteiger partial charge on any atom is -0.481 e. The molecule has 2 aromatic rings. The second kappa shape index (κ2) is 10.8. The standard InChI is InChI=1S/C27H30N4O5/c1-33-24-12-11-22-26(30-24)20(13-14-29-22)21(28)10-6-5-9-19-15-31(27(32)35-19)25-17-34-16-23(36-25)18-7-3-2-4-8-18/h2-3,7,11-14,16-17,19,21H,4-6,8-10,15,28H2,1H3/t19-,21+/m1/s1. The van der Waals surface area contributed by atoms with Gasteiger partial charge in [-0.2, -0.15) is 0 Å². The van der Waals surface area contributed by atoms with Gasteiger partial charge < -0.3 is 24.7 Å². The number of carbonyl (C=O) groups excluding carboxylic acids is 1. The second-order valence-corrected chi connectivity index (χ2v) is 8.96. The average molecular weight is 491 g/mol. The van der Waals surface area contributed by atoms with Gasteiger partial charge in [-0.25, -0.2) is 14.7 Å². The molecule has 1 fully saturated rings. The zero-order valence-corrected chi connectivity index (χ0v) is 20.3. The van der Waals surface area contributed by atoms with Crippen molar-refractivity contribution in [2.75, 3.05) is 13.7 Å². The number of unbranched alkanes of at least 4 members (excludes halogenated alkanes) is 1. The molecule has 0 aromatic carbocycles. The van der Waals surface area contributed by atoms with Gasteiger partial charge in [-0.15, -0.1) is 0 Å². The summed E-state index contributed by atoms with van der Waals surface area (Å²) in [7, 11) is 1.59. The predicted octanol–water partition coefficient (Wildman–Crippen LogP) is 4.98. The number of carbonyl (C=O) groups is 1. The summed E-state index contributed by atoms with van der Waals surface area (Å²) in [4.78, 5) is 22.9. The number of amides is 1. The third kappa shape index (κ3) is 5.21. The van der Waals surface area contributed by atoms with E-state index in [0.717, 1.165) is 60.7 Å². The van der Waals surface area contributed by atoms with Crippen LogP contribution in [-0.4, -0.2) is 40.7 Å². The third-order valence-corrected chi connectivity index (χ3v) is 6.52. The molecule has 4 heterocycles. The number of allylic oxidation sites excluding steroid dienone is 4. The minimum absolute atomic E-state index is 0.176. The Morgan fingerprint density at radius 2 is 2.17 bits per heavy atom. The minimum atomic E-state index is -0.423. The molecule has 2 aromatic heterocycles. The van der Waals surface area contributed by atoms with Crippen LogP contribution in [0.1, 0.15) is 50.1 Å². The van der Waals surface area contributed by atoms with Gasteiger partial charge in [0, 0.05) is 18.3 Å². The fourth-order valence-corrected chi connectivity index (χ4v) is 4.57. The predicted molar refractivity (Wildman–Crippen MR) is 133 cm³/mol. The van der Waals surface area contributed by atoms with Crippen molar-refractivity contribution in [2.24, 2.45) is 5.73 Å². The Balaban J connectivity index is 1.11. The van der Waals surface area contributed by atoms with E-state index in [2.05, 4.69) is 16.0 Å². The molecule has 1 amide bonds. The highest BCUT2D eigenvalue weighted by Gasteiger charge is 2.36. The quantitative estimate of drug-likeness (QED) is 0.490. The first-order valence-corrected chi connectivity index (χ1v) is 12.3. The maximum atomic E-state index is 12.5. The summed E-state index contributed by atoms with van der Waals surface area (Å²) < 4.78 is 22.3. The van der Waals surface area contributed by atoms with Gasteiger partial charge in [0.1, 0.15) is 12.4 Å². The molecule has 2 N–H and O–H groups in total. The van der Waals surface area contributed by atoms with Crippen molar-refractivity contribution in [3.8, 4) is 5.88 Å². The van der Waals surface area contributed by atoms with Crippen molar-refractivity contribution in [2.45, 2.75) is 50.7 Å². The Morgan fingerprint density at radius 3 is 3.00 bits per heavy atom. The van der Waals surface area contributed by atoms with Crippen LogP contribution in [0.3, 0.4) is 0 Å². The highest BCUT2D eigenvalue weighted by molar-refractivity contribution is 5.78. The van der Waals surface area contributed by atoms with Crippen molar-refractivity contribution in [3.63, 3.8) is 0 Å². The number of nitrogens with zero attached hydrogens (tertiary/aromatic N) is 3. The summed E-state index contributed by atoms with van der Waals surface area (Å²) in [5, 5.41) is 0. The summed E-state index contributed by atoms with van der Waals surface area (Å²) >= 11 is 0. The van der Waals surface area contributed by atoms with Crippen LogP contribution in [0.15, 0.2) is 72.4 Å². The maximum absolute atomic E-state index is 12.5. The molecule has 0 saturated carbocycles. The first kappa shape index (κ1) is 23.9. The van der Waals surface area contributed by atoms with E-state index in [4.69, 9.17) is 24.7 Å². The average Bonchev–Trinajstić information content (AvgIpc) is 3.31. The van der Waals surface area contributed by atoms with Crippen molar-refractivity contribution in [3.05, 3.63) is 77.9 Å². The van der Waals surface area contributed by atoms with Crippen LogP contribution in [0.25, 0.3) is 11.0 Å². The lowest BCUT2D eigenvalue weighted by atomic mass is 9.99. The number of cyclic esters (lactones) is 1. The summed E-state index contributed by atoms with van der Waals surface area (Å²) in [5.41, 5.74) is 10.1. The zero-order chi connectivity index (χ0) is 24.9. The first-order chi connectivity index (χ1) is 17.6. The van der Waals surface area contributed by atoms with Crippen LogP contribution in [0.4, 0.5) is 4.79 Å². The van der Waals surface area contributed by atoms with Gasteiger partial charge in [0.05, 0.1) is 24.7 Å². The number of ether oxygens (including phenoxy) is 4. The largest absolute Gasteiger partial charge is 0.481 e. The highest BCUT2D eigenvalue weighted by Crippen LogP contribution is 2.31. The molecule has 2 aliphatic heterocycles. The van der Waals surface area contributed by atoms with Crippen molar-refractivity contribution in [1.29, 1.82) is 0 Å². The first-order valence-electron chi connectivity index (χ1n) is 12.3. The number of pyridine rings is 2. The van der Waals surface area contributed by atoms with E-state index >= 15 is 0 Å². The number of hydrogen-bond donors (Lipinski definition) is 1. The molecule has 1 saturated heterocycles. The summed E-state index contributed by atoms with van der Waals surface area (Å²) in [5.74, 6) is 1.51. The number of hydrogen-bond acceptors (Lipinski definition) is 8. The Kier molecular flexibility index (Phi) is 7.18. The normalized spacial score (nSPS) is 20.2. The highest BCUT2D eigenvalue weighted by atomic mass is 16.6. The Hall–Kier alpha value is -3.85. The zero-order valence-electron chi connectivity index (χ0n) is 20.3. The summed E-state index contributed by atoms with van der Waals surface area (Å²) in [6, 6.07) is 5.41. The molecular weight excluding hydrogens is 460 g/mol. The molecule has 0 radical (unpaired) electrons. The van der Waals surface area contributed by atoms with Crippen LogP contribution in [0.2, 0.25) is 0 Å². The van der Waals surface area contributed by atoms with Crippen LogP contribution >= 0.6 is 0 Å². The topological polar surface area (TPSA) is 109 Å². The van der Waals surface area contributed by atoms with Gasteiger partial charge in [0.2, 0.25) is 11.8 Å². The van der Waals surface area contributed by atoms with Crippen molar-refractivity contribution in [1.82, 2.24) is 14.9 Å². The SMILES string of the molecule is COc1ccc2nccc([C@@H](N)CCCC[C@@H]3CN(C4=COC=C(C5=CC=CCC5)O4)C(=O)O3)c2n1. The molecule has 0 bridgehead atoms. The van der Waals surface area contributed by atoms with Gasteiger partial charge in [-0.05, 0) is 55.4 Å². The molecule has 188 valence electrons. The number of aromatic nitrogens is 2. The molecule has 1 aliphatic carbocycles. The van der Waals surface area contributed by atoms with E-state index in [-0.39, 0.29) is 12.1 Å². The number of nitrogens with two attached hydrogens (primary N) is 1. The van der Waals surface area contributed by atoms with Crippen LogP contribution in [-0.2, 0) is 14.2 Å². The molecule has 3 aliphatic rings. The van der Waals surface area contributed by atoms with E-state index in [9.17, 15) is 4.79 Å². The van der Waals surface area contributed by atoms with E-state index < -0.39 is 6.09 Å². The molecule has 2 atom stereocenters. The molecule has 9 nitrogen and oxygen atoms in total. The molecule has 36 heavy (non-hydrogen) atoms. The van der Waals surface area contributed by atoms with Crippen molar-refractivity contribution < 1.29 is 23.7 Å². The third-order valence-electron chi connectivity index (χ3n) is 6.52. The van der Waals surface area contributed by atoms with Gasteiger partial charge in [-0.3, -0.25) is 4.98 Å². The second-order valence-electron chi connectivity index (χ2n) is 8.96. The molecule has 0 spiro atoms. The smallest absolute Gasteiger partial charge is 0.417 e. The van der Waals surface area contributed by atoms with E-state index in [1.165, 1.54) is 11.2 Å². The lowest BCUT2D eigenvalue weighted by Crippen LogP contribution is -2.27. The van der Waals surface area contributed by atoms with Crippen LogP contribution in [0, 0.1) is 0 Å². The fourth-order valence-electron chi connectivity index (χ4n) is 4.57. The van der Waals surface area contributed by atoms with Gasteiger partial charge >= 0.3 is 6.09 Å². The van der Waals surface area contributed by atoms with Gasteiger partial charge in [0.25, 0.3) is 0 Å². The number of methoxy groups -OCH3 is 1. The summed E-state index contributed by atoms with van der Waals surface area (Å²) in [6.07, 6.45) is 15.3. The molecule has 9 heteroatoms. The fraction of sp³-hybridized carbons (Fsp3) is 0.370. The molecule has 0 unspecified atom stereocenters. The van der Waals surface area contributed by atoms with Gasteiger partial charge in [0.15, 0.2) is 12.0 Å². The summed E-state index contributed by atoms with van der Waals surface area (Å²) in [6.45, 7) is 0.422. The van der Waals surface area contributed by atoms with E-state index in [1.54, 1.807) is 25.6 Å². The van der Waals surface area contributed by atoms with E-state index in [1.807, 2.05) is 24.3 Å². The Labute approximate surface area is 209 Å². The van der Waals surface area contributed by atoms with E-state index in [0.29, 0.717) is 24.1 Å². The Bertz CT molecular complexity index is 1250. The maximum Gasteiger partial charge on any atom is 0.417 e. The monoisotopic (exact) mass is 490 g/mol. The number of rotatable bonds is 9. The Morgan fingerprint density at radius 1 is 1.25 bits per heavy atom. The molecule has 5 rings (SSSR count). The lowest BCUT2D eigenvalue weighted by Gasteiger charge is -2.23. The van der Waals surface area contributed by atoms with Crippen molar-refractivity contribution >= 4 is 17.1 Å². The van der Waals surface area contributed by atoms with Crippen LogP contribution in [0.5, 0.6) is 5.88 Å². The molecular formula is C27H30N4O5. The van der Waals surface area contributed by atoms with Crippen LogP contribution < -0.4 is 10.5 Å².